The number of hydrogen-bond donors (Lipinski definition) is 0. The van der Waals surface area contributed by atoms with Crippen molar-refractivity contribution in [1.82, 2.24) is 9.55 Å². The molecule has 0 aliphatic carbocycles. The summed E-state index contributed by atoms with van der Waals surface area (Å²) in [6.45, 7) is 3.00. The molecule has 0 N–H and O–H groups in total. The zero-order valence-electron chi connectivity index (χ0n) is 26.7. The second-order valence-electron chi connectivity index (χ2n) is 11.9. The Balaban J connectivity index is 1.40. The molecule has 0 saturated heterocycles. The first-order chi connectivity index (χ1) is 22.8. The molecule has 229 valence electrons. The van der Waals surface area contributed by atoms with Gasteiger partial charge in [0.15, 0.2) is 8.07 Å². The summed E-state index contributed by atoms with van der Waals surface area (Å²) in [5, 5.41) is 4.10. The van der Waals surface area contributed by atoms with E-state index in [1.54, 1.807) is 0 Å². The van der Waals surface area contributed by atoms with E-state index < -0.39 is 8.07 Å². The molecule has 0 aliphatic heterocycles. The maximum Gasteiger partial charge on any atom is 0.215 e. The van der Waals surface area contributed by atoms with Crippen LogP contribution in [0.25, 0.3) is 0 Å². The van der Waals surface area contributed by atoms with Crippen LogP contribution in [0.15, 0.2) is 158 Å². The van der Waals surface area contributed by atoms with E-state index in [0.717, 1.165) is 30.7 Å². The minimum atomic E-state index is -2.59. The lowest BCUT2D eigenvalue weighted by molar-refractivity contribution is 0.305. The topological polar surface area (TPSA) is 27.1 Å². The number of benzene rings is 5. The highest BCUT2D eigenvalue weighted by molar-refractivity contribution is 7.10. The predicted octanol–water partition coefficient (Wildman–Crippen LogP) is 6.67. The Kier molecular flexibility index (Phi) is 10.6. The average molecular weight is 618 g/mol. The van der Waals surface area contributed by atoms with Crippen LogP contribution >= 0.6 is 0 Å². The first kappa shape index (κ1) is 31.4. The van der Waals surface area contributed by atoms with Crippen LogP contribution in [0.2, 0.25) is 0 Å². The third kappa shape index (κ3) is 7.27. The lowest BCUT2D eigenvalue weighted by Crippen LogP contribution is -2.70. The molecule has 6 aromatic rings. The molecule has 5 heteroatoms. The van der Waals surface area contributed by atoms with Gasteiger partial charge in [-0.25, -0.2) is 0 Å². The van der Waals surface area contributed by atoms with Gasteiger partial charge in [-0.1, -0.05) is 160 Å². The Morgan fingerprint density at radius 3 is 1.70 bits per heavy atom. The van der Waals surface area contributed by atoms with E-state index in [9.17, 15) is 0 Å². The summed E-state index contributed by atoms with van der Waals surface area (Å²) >= 11 is 0. The molecule has 0 bridgehead atoms. The molecule has 1 heterocycles. The normalized spacial score (nSPS) is 11.4. The maximum atomic E-state index is 6.18. The van der Waals surface area contributed by atoms with Crippen LogP contribution in [0, 0.1) is 0 Å². The van der Waals surface area contributed by atoms with Gasteiger partial charge >= 0.3 is 0 Å². The number of ether oxygens (including phenoxy) is 1. The number of hydrogen-bond acceptors (Lipinski definition) is 2. The van der Waals surface area contributed by atoms with Crippen molar-refractivity contribution in [2.24, 2.45) is 0 Å². The molecule has 0 spiro atoms. The van der Waals surface area contributed by atoms with E-state index in [4.69, 9.17) is 9.72 Å². The van der Waals surface area contributed by atoms with Crippen molar-refractivity contribution in [3.8, 4) is 5.75 Å². The van der Waals surface area contributed by atoms with Gasteiger partial charge < -0.3 is 9.30 Å². The van der Waals surface area contributed by atoms with Crippen LogP contribution in [-0.4, -0.2) is 31.5 Å². The van der Waals surface area contributed by atoms with E-state index in [1.165, 1.54) is 45.9 Å². The van der Waals surface area contributed by atoms with Gasteiger partial charge in [-0.2, -0.15) is 0 Å². The molecular weight excluding hydrogens is 575 g/mol. The van der Waals surface area contributed by atoms with Crippen LogP contribution in [0.4, 0.5) is 0 Å². The quantitative estimate of drug-likeness (QED) is 0.0732. The van der Waals surface area contributed by atoms with E-state index in [1.807, 2.05) is 6.20 Å². The molecule has 1 radical (unpaired) electrons. The van der Waals surface area contributed by atoms with Crippen molar-refractivity contribution in [3.63, 3.8) is 0 Å². The summed E-state index contributed by atoms with van der Waals surface area (Å²) in [6, 6.07) is 52.6. The van der Waals surface area contributed by atoms with Gasteiger partial charge in [-0.05, 0) is 51.1 Å². The Bertz CT molecular complexity index is 1660. The van der Waals surface area contributed by atoms with Crippen molar-refractivity contribution >= 4 is 36.6 Å². The molecular formula is C41H42BN2OSi. The first-order valence-electron chi connectivity index (χ1n) is 16.6. The Morgan fingerprint density at radius 2 is 1.15 bits per heavy atom. The average Bonchev–Trinajstić information content (AvgIpc) is 3.57. The SMILES string of the molecule is CCCCCCOc1ccc([Si](Cn2ccnc2[B]C(c2ccccc2)c2ccccc2)(c2ccccc2)c2ccccc2)cc1. The fraction of sp³-hybridized carbons (Fsp3) is 0.195. The minimum absolute atomic E-state index is 0.0850. The van der Waals surface area contributed by atoms with Crippen LogP contribution in [0.1, 0.15) is 49.6 Å². The van der Waals surface area contributed by atoms with Gasteiger partial charge in [0.05, 0.1) is 12.3 Å². The number of unbranched alkanes of at least 4 members (excludes halogenated alkanes) is 3. The van der Waals surface area contributed by atoms with Crippen LogP contribution in [-0.2, 0) is 6.17 Å². The largest absolute Gasteiger partial charge is 0.494 e. The molecule has 0 aliphatic rings. The molecule has 0 atom stereocenters. The minimum Gasteiger partial charge on any atom is -0.494 e. The van der Waals surface area contributed by atoms with Crippen molar-refractivity contribution < 1.29 is 4.74 Å². The van der Waals surface area contributed by atoms with E-state index in [2.05, 4.69) is 171 Å². The predicted molar refractivity (Wildman–Crippen MR) is 196 cm³/mol. The molecule has 5 aromatic carbocycles. The highest BCUT2D eigenvalue weighted by Crippen LogP contribution is 2.23. The van der Waals surface area contributed by atoms with Gasteiger partial charge in [-0.3, -0.25) is 4.98 Å². The summed E-state index contributed by atoms with van der Waals surface area (Å²) < 4.78 is 8.56. The summed E-state index contributed by atoms with van der Waals surface area (Å²) in [5.41, 5.74) is 3.49. The van der Waals surface area contributed by atoms with Crippen molar-refractivity contribution in [1.29, 1.82) is 0 Å². The Morgan fingerprint density at radius 1 is 0.630 bits per heavy atom. The summed E-state index contributed by atoms with van der Waals surface area (Å²) in [7, 11) is -0.265. The van der Waals surface area contributed by atoms with Crippen LogP contribution in [0.3, 0.4) is 0 Å². The Labute approximate surface area is 276 Å². The fourth-order valence-electron chi connectivity index (χ4n) is 6.50. The zero-order chi connectivity index (χ0) is 31.4. The number of rotatable bonds is 15. The molecule has 1 aromatic heterocycles. The molecule has 3 nitrogen and oxygen atoms in total. The lowest BCUT2D eigenvalue weighted by Gasteiger charge is -2.35. The summed E-state index contributed by atoms with van der Waals surface area (Å²) in [6.07, 6.45) is 9.72. The van der Waals surface area contributed by atoms with E-state index in [0.29, 0.717) is 0 Å². The number of nitrogens with zero attached hydrogens (tertiary/aromatic N) is 2. The van der Waals surface area contributed by atoms with Crippen molar-refractivity contribution in [3.05, 3.63) is 169 Å². The molecule has 0 fully saturated rings. The third-order valence-electron chi connectivity index (χ3n) is 8.94. The monoisotopic (exact) mass is 617 g/mol. The number of imidazole rings is 1. The van der Waals surface area contributed by atoms with Crippen molar-refractivity contribution in [2.75, 3.05) is 6.61 Å². The molecule has 0 saturated carbocycles. The molecule has 46 heavy (non-hydrogen) atoms. The van der Waals surface area contributed by atoms with Gasteiger partial charge in [-0.15, -0.1) is 0 Å². The second-order valence-corrected chi connectivity index (χ2v) is 15.8. The van der Waals surface area contributed by atoms with Gasteiger partial charge in [0.25, 0.3) is 0 Å². The zero-order valence-corrected chi connectivity index (χ0v) is 27.7. The molecule has 6 rings (SSSR count). The molecule has 0 amide bonds. The first-order valence-corrected chi connectivity index (χ1v) is 18.8. The second kappa shape index (κ2) is 15.6. The maximum absolute atomic E-state index is 6.18. The summed E-state index contributed by atoms with van der Waals surface area (Å²) in [5.74, 6) is 1.02. The van der Waals surface area contributed by atoms with E-state index >= 15 is 0 Å². The highest BCUT2D eigenvalue weighted by Gasteiger charge is 2.40. The lowest BCUT2D eigenvalue weighted by atomic mass is 9.58. The smallest absolute Gasteiger partial charge is 0.215 e. The van der Waals surface area contributed by atoms with Gasteiger partial charge in [0.1, 0.15) is 5.75 Å². The van der Waals surface area contributed by atoms with Crippen LogP contribution < -0.4 is 26.0 Å². The fourth-order valence-corrected chi connectivity index (χ4v) is 11.1. The van der Waals surface area contributed by atoms with E-state index in [-0.39, 0.29) is 5.82 Å². The van der Waals surface area contributed by atoms with Crippen molar-refractivity contribution in [2.45, 2.75) is 44.6 Å². The standard InChI is InChI=1S/C41H42BN2OSi/c1-2-3-4-17-32-45-36-26-28-39(29-27-36)46(37-22-13-7-14-23-37,38-24-15-8-16-25-38)33-44-31-30-43-41(44)42-40(34-18-9-5-10-19-34)35-20-11-6-12-21-35/h5-16,18-31,40H,2-4,17,32-33H2,1H3. The summed E-state index contributed by atoms with van der Waals surface area (Å²) in [4.78, 5) is 4.95. The highest BCUT2D eigenvalue weighted by atomic mass is 28.3. The molecule has 0 unspecified atom stereocenters. The third-order valence-corrected chi connectivity index (χ3v) is 13.7. The Hall–Kier alpha value is -4.61. The van der Waals surface area contributed by atoms with Crippen LogP contribution in [0.5, 0.6) is 5.75 Å². The van der Waals surface area contributed by atoms with Gasteiger partial charge in [0.2, 0.25) is 7.28 Å². The number of aromatic nitrogens is 2. The van der Waals surface area contributed by atoms with Gasteiger partial charge in [0, 0.05) is 18.6 Å².